The van der Waals surface area contributed by atoms with Crippen LogP contribution in [-0.4, -0.2) is 20.7 Å². The number of aromatic nitrogens is 2. The molecule has 140 valence electrons. The standard InChI is InChI=1S/C19H19N3O4S/c1-21-18(24)16(15(23)12-27-11-14-8-5-9-26-14)17(20)22(19(21)25)10-13-6-3-2-4-7-13/h2-9H,10-12,20H2,1H3. The second-order valence-corrected chi connectivity index (χ2v) is 6.96. The van der Waals surface area contributed by atoms with E-state index in [1.807, 2.05) is 36.4 Å². The molecule has 8 heteroatoms. The Morgan fingerprint density at radius 1 is 1.15 bits per heavy atom. The van der Waals surface area contributed by atoms with Crippen molar-refractivity contribution >= 4 is 23.4 Å². The molecule has 0 bridgehead atoms. The average molecular weight is 385 g/mol. The number of nitrogens with zero attached hydrogens (tertiary/aromatic N) is 2. The smallest absolute Gasteiger partial charge is 0.332 e. The zero-order chi connectivity index (χ0) is 19.4. The first-order valence-corrected chi connectivity index (χ1v) is 9.41. The van der Waals surface area contributed by atoms with E-state index in [0.29, 0.717) is 5.75 Å². The maximum atomic E-state index is 12.6. The van der Waals surface area contributed by atoms with Gasteiger partial charge in [-0.1, -0.05) is 30.3 Å². The number of rotatable bonds is 7. The lowest BCUT2D eigenvalue weighted by Gasteiger charge is -2.14. The van der Waals surface area contributed by atoms with E-state index in [4.69, 9.17) is 10.2 Å². The quantitative estimate of drug-likeness (QED) is 0.624. The number of benzene rings is 1. The first-order valence-electron chi connectivity index (χ1n) is 8.25. The molecule has 0 spiro atoms. The minimum atomic E-state index is -0.676. The lowest BCUT2D eigenvalue weighted by Crippen LogP contribution is -2.43. The van der Waals surface area contributed by atoms with E-state index in [-0.39, 0.29) is 23.7 Å². The van der Waals surface area contributed by atoms with E-state index >= 15 is 0 Å². The molecule has 0 saturated heterocycles. The van der Waals surface area contributed by atoms with Crippen LogP contribution >= 0.6 is 11.8 Å². The number of nitrogen functional groups attached to an aromatic ring is 1. The zero-order valence-corrected chi connectivity index (χ0v) is 15.6. The second-order valence-electron chi connectivity index (χ2n) is 5.97. The summed E-state index contributed by atoms with van der Waals surface area (Å²) in [4.78, 5) is 37.6. The molecule has 1 aromatic carbocycles. The summed E-state index contributed by atoms with van der Waals surface area (Å²) in [5.74, 6) is 0.788. The van der Waals surface area contributed by atoms with Gasteiger partial charge in [-0.3, -0.25) is 18.7 Å². The summed E-state index contributed by atoms with van der Waals surface area (Å²) < 4.78 is 7.39. The monoisotopic (exact) mass is 385 g/mol. The van der Waals surface area contributed by atoms with Gasteiger partial charge in [-0.2, -0.15) is 0 Å². The normalized spacial score (nSPS) is 10.9. The predicted molar refractivity (Wildman–Crippen MR) is 105 cm³/mol. The third kappa shape index (κ3) is 4.06. The number of Topliss-reactive ketones (excluding diaryl/α,β-unsaturated/α-hetero) is 1. The van der Waals surface area contributed by atoms with Crippen LogP contribution in [0.5, 0.6) is 0 Å². The molecule has 0 fully saturated rings. The molecule has 3 rings (SSSR count). The Morgan fingerprint density at radius 3 is 2.56 bits per heavy atom. The number of hydrogen-bond donors (Lipinski definition) is 1. The molecule has 0 aliphatic carbocycles. The molecule has 2 heterocycles. The van der Waals surface area contributed by atoms with Crippen molar-refractivity contribution in [1.29, 1.82) is 0 Å². The summed E-state index contributed by atoms with van der Waals surface area (Å²) in [6.45, 7) is 0.180. The molecule has 0 saturated carbocycles. The summed E-state index contributed by atoms with van der Waals surface area (Å²) in [6, 6.07) is 12.8. The van der Waals surface area contributed by atoms with E-state index in [1.165, 1.54) is 23.4 Å². The van der Waals surface area contributed by atoms with Gasteiger partial charge in [-0.25, -0.2) is 4.79 Å². The summed E-state index contributed by atoms with van der Waals surface area (Å²) in [6.07, 6.45) is 1.56. The van der Waals surface area contributed by atoms with Crippen LogP contribution in [0, 0.1) is 0 Å². The zero-order valence-electron chi connectivity index (χ0n) is 14.8. The number of furan rings is 1. The maximum Gasteiger partial charge on any atom is 0.332 e. The lowest BCUT2D eigenvalue weighted by molar-refractivity contribution is 0.102. The Labute approximate surface area is 159 Å². The highest BCUT2D eigenvalue weighted by atomic mass is 32.2. The van der Waals surface area contributed by atoms with Crippen molar-refractivity contribution in [3.8, 4) is 0 Å². The number of hydrogen-bond acceptors (Lipinski definition) is 6. The van der Waals surface area contributed by atoms with Crippen LogP contribution in [0.15, 0.2) is 62.7 Å². The molecule has 3 aromatic rings. The van der Waals surface area contributed by atoms with Crippen molar-refractivity contribution < 1.29 is 9.21 Å². The van der Waals surface area contributed by atoms with Gasteiger partial charge < -0.3 is 10.2 Å². The van der Waals surface area contributed by atoms with Gasteiger partial charge in [-0.15, -0.1) is 11.8 Å². The van der Waals surface area contributed by atoms with Gasteiger partial charge in [-0.05, 0) is 17.7 Å². The number of nitrogens with two attached hydrogens (primary N) is 1. The molecule has 0 amide bonds. The van der Waals surface area contributed by atoms with Gasteiger partial charge in [0, 0.05) is 7.05 Å². The van der Waals surface area contributed by atoms with E-state index in [0.717, 1.165) is 15.9 Å². The van der Waals surface area contributed by atoms with Gasteiger partial charge in [0.05, 0.1) is 24.3 Å². The van der Waals surface area contributed by atoms with Gasteiger partial charge >= 0.3 is 5.69 Å². The molecule has 0 radical (unpaired) electrons. The van der Waals surface area contributed by atoms with Crippen LogP contribution in [0.4, 0.5) is 5.82 Å². The largest absolute Gasteiger partial charge is 0.468 e. The molecule has 0 unspecified atom stereocenters. The van der Waals surface area contributed by atoms with Crippen LogP contribution in [0.2, 0.25) is 0 Å². The Bertz CT molecular complexity index is 1050. The van der Waals surface area contributed by atoms with E-state index in [2.05, 4.69) is 0 Å². The summed E-state index contributed by atoms with van der Waals surface area (Å²) >= 11 is 1.32. The van der Waals surface area contributed by atoms with Crippen molar-refractivity contribution in [3.05, 3.63) is 86.5 Å². The molecule has 0 aliphatic heterocycles. The summed E-state index contributed by atoms with van der Waals surface area (Å²) in [5, 5.41) is 0. The van der Waals surface area contributed by atoms with Crippen molar-refractivity contribution in [3.63, 3.8) is 0 Å². The van der Waals surface area contributed by atoms with Gasteiger partial charge in [0.2, 0.25) is 0 Å². The molecule has 27 heavy (non-hydrogen) atoms. The molecule has 2 N–H and O–H groups in total. The third-order valence-corrected chi connectivity index (χ3v) is 5.06. The first-order chi connectivity index (χ1) is 13.0. The van der Waals surface area contributed by atoms with E-state index in [9.17, 15) is 14.4 Å². The van der Waals surface area contributed by atoms with Crippen LogP contribution in [0.1, 0.15) is 21.7 Å². The highest BCUT2D eigenvalue weighted by Crippen LogP contribution is 2.16. The van der Waals surface area contributed by atoms with Crippen LogP contribution in [0.3, 0.4) is 0 Å². The predicted octanol–water partition coefficient (Wildman–Crippen LogP) is 1.89. The number of ketones is 1. The minimum absolute atomic E-state index is 0.0592. The van der Waals surface area contributed by atoms with Gasteiger partial charge in [0.15, 0.2) is 5.78 Å². The summed E-state index contributed by atoms with van der Waals surface area (Å²) in [7, 11) is 1.35. The SMILES string of the molecule is Cn1c(=O)c(C(=O)CSCc2ccco2)c(N)n(Cc2ccccc2)c1=O. The maximum absolute atomic E-state index is 12.6. The Kier molecular flexibility index (Phi) is 5.66. The van der Waals surface area contributed by atoms with Crippen molar-refractivity contribution in [2.75, 3.05) is 11.5 Å². The van der Waals surface area contributed by atoms with Crippen molar-refractivity contribution in [2.24, 2.45) is 7.05 Å². The molecular weight excluding hydrogens is 366 g/mol. The number of carbonyl (C=O) groups excluding carboxylic acids is 1. The first kappa shape index (κ1) is 18.8. The second kappa shape index (κ2) is 8.13. The molecule has 7 nitrogen and oxygen atoms in total. The molecular formula is C19H19N3O4S. The van der Waals surface area contributed by atoms with Gasteiger partial charge in [0.25, 0.3) is 5.56 Å². The fraction of sp³-hybridized carbons (Fsp3) is 0.211. The van der Waals surface area contributed by atoms with E-state index in [1.54, 1.807) is 12.3 Å². The topological polar surface area (TPSA) is 100 Å². The van der Waals surface area contributed by atoms with Crippen LogP contribution in [-0.2, 0) is 19.3 Å². The molecule has 0 aliphatic rings. The number of carbonyl (C=O) groups is 1. The lowest BCUT2D eigenvalue weighted by atomic mass is 10.2. The molecule has 0 atom stereocenters. The van der Waals surface area contributed by atoms with Crippen LogP contribution in [0.25, 0.3) is 0 Å². The average Bonchev–Trinajstić information content (AvgIpc) is 3.18. The Balaban J connectivity index is 1.89. The highest BCUT2D eigenvalue weighted by molar-refractivity contribution is 7.99. The molecule has 2 aromatic heterocycles. The Morgan fingerprint density at radius 2 is 1.89 bits per heavy atom. The summed E-state index contributed by atoms with van der Waals surface area (Å²) in [5.41, 5.74) is 5.53. The minimum Gasteiger partial charge on any atom is -0.468 e. The number of anilines is 1. The van der Waals surface area contributed by atoms with Crippen molar-refractivity contribution in [2.45, 2.75) is 12.3 Å². The van der Waals surface area contributed by atoms with Crippen LogP contribution < -0.4 is 17.0 Å². The number of thioether (sulfide) groups is 1. The van der Waals surface area contributed by atoms with Gasteiger partial charge in [0.1, 0.15) is 17.1 Å². The fourth-order valence-electron chi connectivity index (χ4n) is 2.68. The third-order valence-electron chi connectivity index (χ3n) is 4.10. The fourth-order valence-corrected chi connectivity index (χ4v) is 3.47. The van der Waals surface area contributed by atoms with E-state index < -0.39 is 17.0 Å². The highest BCUT2D eigenvalue weighted by Gasteiger charge is 2.21. The van der Waals surface area contributed by atoms with Crippen molar-refractivity contribution in [1.82, 2.24) is 9.13 Å². The Hall–Kier alpha value is -3.00.